The van der Waals surface area contributed by atoms with Gasteiger partial charge in [0, 0.05) is 10.6 Å². The summed E-state index contributed by atoms with van der Waals surface area (Å²) in [6, 6.07) is 9.50. The fourth-order valence-corrected chi connectivity index (χ4v) is 2.54. The summed E-state index contributed by atoms with van der Waals surface area (Å²) in [7, 11) is 0. The molecule has 0 radical (unpaired) electrons. The van der Waals surface area contributed by atoms with Crippen molar-refractivity contribution in [1.82, 2.24) is 0 Å². The fourth-order valence-electron chi connectivity index (χ4n) is 1.61. The molecule has 0 amide bonds. The number of halogens is 2. The molecule has 0 aromatic heterocycles. The summed E-state index contributed by atoms with van der Waals surface area (Å²) < 4.78 is 26.1. The second kappa shape index (κ2) is 5.84. The Balaban J connectivity index is 2.19. The van der Waals surface area contributed by atoms with Crippen molar-refractivity contribution < 1.29 is 18.7 Å². The molecule has 19 heavy (non-hydrogen) atoms. The second-order valence-electron chi connectivity index (χ2n) is 3.85. The highest BCUT2D eigenvalue weighted by atomic mass is 32.2. The predicted octanol–water partition coefficient (Wildman–Crippen LogP) is 3.96. The second-order valence-corrected chi connectivity index (χ2v) is 4.90. The van der Waals surface area contributed by atoms with Crippen molar-refractivity contribution in [2.24, 2.45) is 0 Å². The first-order chi connectivity index (χ1) is 9.06. The van der Waals surface area contributed by atoms with E-state index in [0.717, 1.165) is 6.07 Å². The third-order valence-corrected chi connectivity index (χ3v) is 3.53. The van der Waals surface area contributed by atoms with E-state index < -0.39 is 11.8 Å². The Bertz CT molecular complexity index is 614. The lowest BCUT2D eigenvalue weighted by molar-refractivity contribution is 0.0696. The molecular formula is C14H10F2O2S. The summed E-state index contributed by atoms with van der Waals surface area (Å²) in [5.41, 5.74) is 0.437. The molecule has 2 aromatic rings. The summed E-state index contributed by atoms with van der Waals surface area (Å²) >= 11 is 1.26. The Morgan fingerprint density at radius 3 is 2.53 bits per heavy atom. The van der Waals surface area contributed by atoms with Crippen LogP contribution in [0, 0.1) is 11.6 Å². The summed E-state index contributed by atoms with van der Waals surface area (Å²) in [4.78, 5) is 11.7. The Morgan fingerprint density at radius 2 is 1.84 bits per heavy atom. The van der Waals surface area contributed by atoms with E-state index in [1.807, 2.05) is 0 Å². The van der Waals surface area contributed by atoms with Gasteiger partial charge in [0.15, 0.2) is 0 Å². The number of carbonyl (C=O) groups is 1. The van der Waals surface area contributed by atoms with Gasteiger partial charge < -0.3 is 5.11 Å². The third-order valence-electron chi connectivity index (χ3n) is 2.49. The highest BCUT2D eigenvalue weighted by Crippen LogP contribution is 2.25. The van der Waals surface area contributed by atoms with Gasteiger partial charge in [0.25, 0.3) is 0 Å². The molecule has 0 heterocycles. The monoisotopic (exact) mass is 280 g/mol. The maximum atomic E-state index is 13.1. The normalized spacial score (nSPS) is 10.4. The smallest absolute Gasteiger partial charge is 0.335 e. The van der Waals surface area contributed by atoms with Gasteiger partial charge in [-0.05, 0) is 42.0 Å². The van der Waals surface area contributed by atoms with Crippen molar-refractivity contribution in [1.29, 1.82) is 0 Å². The summed E-state index contributed by atoms with van der Waals surface area (Å²) in [5, 5.41) is 9.01. The number of aromatic carboxylic acids is 1. The van der Waals surface area contributed by atoms with Gasteiger partial charge in [-0.25, -0.2) is 13.6 Å². The van der Waals surface area contributed by atoms with Crippen LogP contribution in [0.4, 0.5) is 8.78 Å². The summed E-state index contributed by atoms with van der Waals surface area (Å²) in [6.45, 7) is 0. The van der Waals surface area contributed by atoms with Gasteiger partial charge in [-0.3, -0.25) is 0 Å². The molecule has 0 spiro atoms. The molecule has 0 aliphatic rings. The van der Waals surface area contributed by atoms with Crippen molar-refractivity contribution in [2.75, 3.05) is 0 Å². The van der Waals surface area contributed by atoms with Crippen LogP contribution >= 0.6 is 11.8 Å². The van der Waals surface area contributed by atoms with Gasteiger partial charge in [0.1, 0.15) is 11.6 Å². The molecule has 5 heteroatoms. The first-order valence-corrected chi connectivity index (χ1v) is 6.45. The molecule has 0 bridgehead atoms. The van der Waals surface area contributed by atoms with Crippen LogP contribution in [0.15, 0.2) is 47.4 Å². The minimum atomic E-state index is -1.10. The predicted molar refractivity (Wildman–Crippen MR) is 69.3 cm³/mol. The maximum absolute atomic E-state index is 13.1. The number of hydrogen-bond donors (Lipinski definition) is 1. The highest BCUT2D eigenvalue weighted by Gasteiger charge is 2.11. The summed E-state index contributed by atoms with van der Waals surface area (Å²) in [5.74, 6) is -1.68. The minimum absolute atomic E-state index is 0.0605. The van der Waals surface area contributed by atoms with Gasteiger partial charge in [-0.15, -0.1) is 11.8 Å². The molecule has 0 saturated heterocycles. The van der Waals surface area contributed by atoms with Crippen LogP contribution in [0.5, 0.6) is 0 Å². The fraction of sp³-hybridized carbons (Fsp3) is 0.0714. The molecule has 1 N–H and O–H groups in total. The van der Waals surface area contributed by atoms with Gasteiger partial charge in [-0.1, -0.05) is 6.07 Å². The first-order valence-electron chi connectivity index (χ1n) is 5.46. The molecule has 2 rings (SSSR count). The van der Waals surface area contributed by atoms with Crippen molar-refractivity contribution >= 4 is 17.7 Å². The van der Waals surface area contributed by atoms with Crippen LogP contribution in [0.2, 0.25) is 0 Å². The van der Waals surface area contributed by atoms with Gasteiger partial charge in [0.05, 0.1) is 5.56 Å². The number of benzene rings is 2. The Hall–Kier alpha value is -1.88. The molecule has 2 nitrogen and oxygen atoms in total. The van der Waals surface area contributed by atoms with Crippen molar-refractivity contribution in [3.63, 3.8) is 0 Å². The largest absolute Gasteiger partial charge is 0.478 e. The van der Waals surface area contributed by atoms with Crippen molar-refractivity contribution in [3.05, 3.63) is 65.2 Å². The average molecular weight is 280 g/mol. The van der Waals surface area contributed by atoms with Crippen molar-refractivity contribution in [3.8, 4) is 0 Å². The van der Waals surface area contributed by atoms with Gasteiger partial charge >= 0.3 is 5.97 Å². The van der Waals surface area contributed by atoms with E-state index in [4.69, 9.17) is 5.11 Å². The van der Waals surface area contributed by atoms with Crippen LogP contribution in [0.25, 0.3) is 0 Å². The SMILES string of the molecule is O=C(O)c1ccc(F)cc1CSc1cccc(F)c1. The van der Waals surface area contributed by atoms with Crippen LogP contribution < -0.4 is 0 Å². The zero-order valence-electron chi connectivity index (χ0n) is 9.77. The van der Waals surface area contributed by atoms with Gasteiger partial charge in [0.2, 0.25) is 0 Å². The molecular weight excluding hydrogens is 270 g/mol. The maximum Gasteiger partial charge on any atom is 0.335 e. The molecule has 0 unspecified atom stereocenters. The number of carboxylic acid groups (broad SMARTS) is 1. The van der Waals surface area contributed by atoms with E-state index in [0.29, 0.717) is 10.5 Å². The van der Waals surface area contributed by atoms with Crippen LogP contribution in [-0.4, -0.2) is 11.1 Å². The lowest BCUT2D eigenvalue weighted by Crippen LogP contribution is -2.02. The van der Waals surface area contributed by atoms with Crippen LogP contribution in [0.1, 0.15) is 15.9 Å². The Labute approximate surface area is 113 Å². The average Bonchev–Trinajstić information content (AvgIpc) is 2.36. The van der Waals surface area contributed by atoms with E-state index in [2.05, 4.69) is 0 Å². The number of hydrogen-bond acceptors (Lipinski definition) is 2. The molecule has 2 aromatic carbocycles. The number of carboxylic acids is 1. The number of thioether (sulfide) groups is 1. The quantitative estimate of drug-likeness (QED) is 0.861. The third kappa shape index (κ3) is 3.54. The lowest BCUT2D eigenvalue weighted by Gasteiger charge is -2.06. The van der Waals surface area contributed by atoms with E-state index in [9.17, 15) is 13.6 Å². The molecule has 98 valence electrons. The molecule has 0 atom stereocenters. The molecule has 0 fully saturated rings. The topological polar surface area (TPSA) is 37.3 Å². The van der Waals surface area contributed by atoms with Crippen LogP contribution in [-0.2, 0) is 5.75 Å². The first kappa shape index (κ1) is 13.5. The Morgan fingerprint density at radius 1 is 1.11 bits per heavy atom. The molecule has 0 saturated carbocycles. The van der Waals surface area contributed by atoms with E-state index in [-0.39, 0.29) is 17.1 Å². The lowest BCUT2D eigenvalue weighted by atomic mass is 10.1. The number of rotatable bonds is 4. The Kier molecular flexibility index (Phi) is 4.16. The standard InChI is InChI=1S/C14H10F2O2S/c15-10-2-1-3-12(7-10)19-8-9-6-11(16)4-5-13(9)14(17)18/h1-7H,8H2,(H,17,18). The zero-order chi connectivity index (χ0) is 13.8. The van der Waals surface area contributed by atoms with Gasteiger partial charge in [-0.2, -0.15) is 0 Å². The van der Waals surface area contributed by atoms with E-state index >= 15 is 0 Å². The van der Waals surface area contributed by atoms with Crippen molar-refractivity contribution in [2.45, 2.75) is 10.6 Å². The minimum Gasteiger partial charge on any atom is -0.478 e. The summed E-state index contributed by atoms with van der Waals surface area (Å²) in [6.07, 6.45) is 0. The van der Waals surface area contributed by atoms with E-state index in [1.165, 1.54) is 36.0 Å². The zero-order valence-corrected chi connectivity index (χ0v) is 10.6. The molecule has 0 aliphatic heterocycles. The van der Waals surface area contributed by atoms with Crippen LogP contribution in [0.3, 0.4) is 0 Å². The highest BCUT2D eigenvalue weighted by molar-refractivity contribution is 7.98. The van der Waals surface area contributed by atoms with E-state index in [1.54, 1.807) is 12.1 Å². The molecule has 0 aliphatic carbocycles.